The Morgan fingerprint density at radius 1 is 1.16 bits per heavy atom. The maximum atomic E-state index is 4.73. The van der Waals surface area contributed by atoms with Gasteiger partial charge in [-0.25, -0.2) is 9.97 Å². The molecule has 1 aromatic heterocycles. The van der Waals surface area contributed by atoms with Crippen molar-refractivity contribution >= 4 is 11.6 Å². The summed E-state index contributed by atoms with van der Waals surface area (Å²) >= 11 is 0. The van der Waals surface area contributed by atoms with E-state index >= 15 is 0 Å². The van der Waals surface area contributed by atoms with Gasteiger partial charge in [-0.2, -0.15) is 0 Å². The molecule has 0 saturated heterocycles. The summed E-state index contributed by atoms with van der Waals surface area (Å²) < 4.78 is 0. The van der Waals surface area contributed by atoms with Gasteiger partial charge in [-0.1, -0.05) is 6.92 Å². The van der Waals surface area contributed by atoms with Gasteiger partial charge in [-0.05, 0) is 44.4 Å². The Balaban J connectivity index is 1.75. The lowest BCUT2D eigenvalue weighted by Crippen LogP contribution is -2.16. The van der Waals surface area contributed by atoms with Crippen molar-refractivity contribution in [3.63, 3.8) is 0 Å². The standard InChI is InChI=1S/C15H24N4/c1-9(11-4-5-11)8-17-14-10(2)13(16-3)18-15(19-14)12-6-7-12/h9,11-12H,4-8H2,1-3H3,(H2,16,17,18,19). The van der Waals surface area contributed by atoms with Gasteiger partial charge >= 0.3 is 0 Å². The van der Waals surface area contributed by atoms with Gasteiger partial charge in [0.05, 0.1) is 0 Å². The summed E-state index contributed by atoms with van der Waals surface area (Å²) in [6, 6.07) is 0. The molecule has 0 aliphatic heterocycles. The maximum absolute atomic E-state index is 4.73. The van der Waals surface area contributed by atoms with Gasteiger partial charge in [0.2, 0.25) is 0 Å². The number of rotatable bonds is 6. The van der Waals surface area contributed by atoms with Crippen molar-refractivity contribution in [1.82, 2.24) is 9.97 Å². The highest BCUT2D eigenvalue weighted by Gasteiger charge is 2.29. The van der Waals surface area contributed by atoms with E-state index in [2.05, 4.69) is 29.5 Å². The van der Waals surface area contributed by atoms with Crippen LogP contribution in [0.2, 0.25) is 0 Å². The minimum Gasteiger partial charge on any atom is -0.373 e. The number of nitrogens with zero attached hydrogens (tertiary/aromatic N) is 2. The maximum Gasteiger partial charge on any atom is 0.136 e. The predicted molar refractivity (Wildman–Crippen MR) is 78.7 cm³/mol. The van der Waals surface area contributed by atoms with Gasteiger partial charge in [-0.15, -0.1) is 0 Å². The monoisotopic (exact) mass is 260 g/mol. The van der Waals surface area contributed by atoms with Gasteiger partial charge in [0.15, 0.2) is 0 Å². The lowest BCUT2D eigenvalue weighted by Gasteiger charge is -2.16. The molecule has 2 N–H and O–H groups in total. The number of anilines is 2. The third-order valence-electron chi connectivity index (χ3n) is 4.36. The fourth-order valence-electron chi connectivity index (χ4n) is 2.56. The molecule has 1 heterocycles. The molecular formula is C15H24N4. The summed E-state index contributed by atoms with van der Waals surface area (Å²) in [5, 5.41) is 6.73. The van der Waals surface area contributed by atoms with Crippen LogP contribution in [-0.2, 0) is 0 Å². The van der Waals surface area contributed by atoms with E-state index in [4.69, 9.17) is 4.98 Å². The number of hydrogen-bond acceptors (Lipinski definition) is 4. The van der Waals surface area contributed by atoms with E-state index in [0.29, 0.717) is 5.92 Å². The topological polar surface area (TPSA) is 49.8 Å². The van der Waals surface area contributed by atoms with Crippen molar-refractivity contribution in [3.05, 3.63) is 11.4 Å². The fraction of sp³-hybridized carbons (Fsp3) is 0.733. The molecule has 19 heavy (non-hydrogen) atoms. The summed E-state index contributed by atoms with van der Waals surface area (Å²) in [7, 11) is 1.93. The number of hydrogen-bond donors (Lipinski definition) is 2. The highest BCUT2D eigenvalue weighted by Crippen LogP contribution is 2.40. The minimum absolute atomic E-state index is 0.592. The summed E-state index contributed by atoms with van der Waals surface area (Å²) in [5.41, 5.74) is 1.13. The second-order valence-corrected chi connectivity index (χ2v) is 6.12. The van der Waals surface area contributed by atoms with Gasteiger partial charge in [-0.3, -0.25) is 0 Å². The summed E-state index contributed by atoms with van der Waals surface area (Å²) in [6.07, 6.45) is 5.29. The summed E-state index contributed by atoms with van der Waals surface area (Å²) in [6.45, 7) is 5.45. The molecule has 0 amide bonds. The molecule has 2 aliphatic rings. The first kappa shape index (κ1) is 12.7. The van der Waals surface area contributed by atoms with E-state index < -0.39 is 0 Å². The third kappa shape index (κ3) is 2.82. The Hall–Kier alpha value is -1.32. The first-order valence-corrected chi connectivity index (χ1v) is 7.49. The molecular weight excluding hydrogens is 236 g/mol. The van der Waals surface area contributed by atoms with Crippen molar-refractivity contribution in [2.45, 2.75) is 45.4 Å². The van der Waals surface area contributed by atoms with Crippen LogP contribution < -0.4 is 10.6 Å². The molecule has 1 unspecified atom stereocenters. The number of nitrogens with one attached hydrogen (secondary N) is 2. The molecule has 3 rings (SSSR count). The van der Waals surface area contributed by atoms with Crippen molar-refractivity contribution in [2.24, 2.45) is 11.8 Å². The van der Waals surface area contributed by atoms with E-state index in [1.807, 2.05) is 7.05 Å². The van der Waals surface area contributed by atoms with Crippen LogP contribution in [-0.4, -0.2) is 23.6 Å². The molecule has 0 aromatic carbocycles. The normalized spacial score (nSPS) is 20.2. The van der Waals surface area contributed by atoms with E-state index in [1.54, 1.807) is 0 Å². The van der Waals surface area contributed by atoms with Crippen molar-refractivity contribution in [3.8, 4) is 0 Å². The lowest BCUT2D eigenvalue weighted by atomic mass is 10.1. The highest BCUT2D eigenvalue weighted by atomic mass is 15.1. The smallest absolute Gasteiger partial charge is 0.136 e. The Bertz CT molecular complexity index is 463. The zero-order valence-corrected chi connectivity index (χ0v) is 12.2. The molecule has 1 aromatic rings. The number of aromatic nitrogens is 2. The lowest BCUT2D eigenvalue weighted by molar-refractivity contribution is 0.535. The molecule has 1 atom stereocenters. The molecule has 0 spiro atoms. The van der Waals surface area contributed by atoms with E-state index in [1.165, 1.54) is 25.7 Å². The van der Waals surface area contributed by atoms with E-state index in [-0.39, 0.29) is 0 Å². The third-order valence-corrected chi connectivity index (χ3v) is 4.36. The quantitative estimate of drug-likeness (QED) is 0.825. The van der Waals surface area contributed by atoms with Crippen LogP contribution in [0, 0.1) is 18.8 Å². The average molecular weight is 260 g/mol. The first-order valence-electron chi connectivity index (χ1n) is 7.49. The first-order chi connectivity index (χ1) is 9.19. The van der Waals surface area contributed by atoms with Gasteiger partial charge in [0.25, 0.3) is 0 Å². The summed E-state index contributed by atoms with van der Waals surface area (Å²) in [5.74, 6) is 5.27. The van der Waals surface area contributed by atoms with Gasteiger partial charge < -0.3 is 10.6 Å². The fourth-order valence-corrected chi connectivity index (χ4v) is 2.56. The predicted octanol–water partition coefficient (Wildman–Crippen LogP) is 3.16. The summed E-state index contributed by atoms with van der Waals surface area (Å²) in [4.78, 5) is 9.36. The van der Waals surface area contributed by atoms with Gasteiger partial charge in [0.1, 0.15) is 17.5 Å². The molecule has 2 aliphatic carbocycles. The molecule has 4 heteroatoms. The van der Waals surface area contributed by atoms with Crippen LogP contribution in [0.4, 0.5) is 11.6 Å². The minimum atomic E-state index is 0.592. The van der Waals surface area contributed by atoms with Crippen LogP contribution in [0.5, 0.6) is 0 Å². The van der Waals surface area contributed by atoms with Crippen molar-refractivity contribution < 1.29 is 0 Å². The van der Waals surface area contributed by atoms with Crippen molar-refractivity contribution in [2.75, 3.05) is 24.2 Å². The zero-order valence-electron chi connectivity index (χ0n) is 12.2. The highest BCUT2D eigenvalue weighted by molar-refractivity contribution is 5.57. The molecule has 0 radical (unpaired) electrons. The van der Waals surface area contributed by atoms with Crippen molar-refractivity contribution in [1.29, 1.82) is 0 Å². The van der Waals surface area contributed by atoms with Crippen LogP contribution in [0.3, 0.4) is 0 Å². The second kappa shape index (κ2) is 4.99. The second-order valence-electron chi connectivity index (χ2n) is 6.12. The Morgan fingerprint density at radius 3 is 2.42 bits per heavy atom. The van der Waals surface area contributed by atoms with Crippen LogP contribution >= 0.6 is 0 Å². The van der Waals surface area contributed by atoms with E-state index in [0.717, 1.165) is 41.4 Å². The molecule has 104 valence electrons. The Morgan fingerprint density at radius 2 is 1.84 bits per heavy atom. The average Bonchev–Trinajstić information content (AvgIpc) is 3.29. The molecule has 2 saturated carbocycles. The van der Waals surface area contributed by atoms with E-state index in [9.17, 15) is 0 Å². The zero-order chi connectivity index (χ0) is 13.4. The molecule has 4 nitrogen and oxygen atoms in total. The SMILES string of the molecule is CNc1nc(C2CC2)nc(NCC(C)C2CC2)c1C. The molecule has 2 fully saturated rings. The Labute approximate surface area is 115 Å². The largest absolute Gasteiger partial charge is 0.373 e. The van der Waals surface area contributed by atoms with Crippen LogP contribution in [0.1, 0.15) is 49.9 Å². The molecule has 0 bridgehead atoms. The van der Waals surface area contributed by atoms with Gasteiger partial charge in [0, 0.05) is 25.1 Å². The van der Waals surface area contributed by atoms with Crippen LogP contribution in [0.15, 0.2) is 0 Å². The Kier molecular flexibility index (Phi) is 3.33. The van der Waals surface area contributed by atoms with Crippen LogP contribution in [0.25, 0.3) is 0 Å².